The van der Waals surface area contributed by atoms with Crippen molar-refractivity contribution < 1.29 is 13.2 Å². The second-order valence-electron chi connectivity index (χ2n) is 7.18. The Labute approximate surface area is 201 Å². The first-order chi connectivity index (χ1) is 16.0. The number of hydrogen-bond donors (Lipinski definition) is 0. The molecule has 0 unspecified atom stereocenters. The summed E-state index contributed by atoms with van der Waals surface area (Å²) in [6.07, 6.45) is 0. The van der Waals surface area contributed by atoms with E-state index in [1.54, 1.807) is 24.3 Å². The molecule has 0 fully saturated rings. The Morgan fingerprint density at radius 2 is 1.39 bits per heavy atom. The van der Waals surface area contributed by atoms with Crippen LogP contribution in [0.5, 0.6) is 11.5 Å². The molecule has 4 rings (SSSR count). The zero-order valence-corrected chi connectivity index (χ0v) is 19.8. The molecule has 0 saturated heterocycles. The maximum atomic E-state index is 13.6. The van der Waals surface area contributed by atoms with Crippen LogP contribution in [0.1, 0.15) is 11.1 Å². The van der Waals surface area contributed by atoms with Gasteiger partial charge in [0, 0.05) is 4.47 Å². The highest BCUT2D eigenvalue weighted by Gasteiger charge is 2.25. The molecule has 0 bridgehead atoms. The van der Waals surface area contributed by atoms with Gasteiger partial charge in [0.15, 0.2) is 0 Å². The van der Waals surface area contributed by atoms with E-state index in [2.05, 4.69) is 15.9 Å². The number of sulfonamides is 1. The maximum Gasteiger partial charge on any atom is 0.264 e. The van der Waals surface area contributed by atoms with Crippen molar-refractivity contribution in [3.8, 4) is 17.6 Å². The summed E-state index contributed by atoms with van der Waals surface area (Å²) in [7, 11) is -3.89. The number of anilines is 1. The fourth-order valence-corrected chi connectivity index (χ4v) is 4.92. The number of rotatable bonds is 7. The van der Waals surface area contributed by atoms with Crippen molar-refractivity contribution in [2.24, 2.45) is 0 Å². The van der Waals surface area contributed by atoms with Crippen molar-refractivity contribution in [2.45, 2.75) is 11.4 Å². The Kier molecular flexibility index (Phi) is 6.78. The second-order valence-corrected chi connectivity index (χ2v) is 9.96. The number of para-hydroxylation sites is 1. The van der Waals surface area contributed by atoms with E-state index in [9.17, 15) is 8.42 Å². The molecule has 0 N–H and O–H groups in total. The average Bonchev–Trinajstić information content (AvgIpc) is 2.85. The van der Waals surface area contributed by atoms with Gasteiger partial charge in [0.05, 0.1) is 28.8 Å². The van der Waals surface area contributed by atoms with Gasteiger partial charge in [-0.3, -0.25) is 4.31 Å². The summed E-state index contributed by atoms with van der Waals surface area (Å²) in [5.74, 6) is 1.30. The zero-order valence-electron chi connectivity index (χ0n) is 17.4. The van der Waals surface area contributed by atoms with Gasteiger partial charge < -0.3 is 4.74 Å². The van der Waals surface area contributed by atoms with E-state index >= 15 is 0 Å². The van der Waals surface area contributed by atoms with Gasteiger partial charge in [0.1, 0.15) is 11.5 Å². The fourth-order valence-electron chi connectivity index (χ4n) is 3.20. The summed E-state index contributed by atoms with van der Waals surface area (Å²) in [6.45, 7) is 0.147. The summed E-state index contributed by atoms with van der Waals surface area (Å²) >= 11 is 3.41. The predicted molar refractivity (Wildman–Crippen MR) is 132 cm³/mol. The number of nitrogens with zero attached hydrogens (tertiary/aromatic N) is 2. The molecular weight excluding hydrogens is 500 g/mol. The van der Waals surface area contributed by atoms with Crippen molar-refractivity contribution in [3.05, 3.63) is 119 Å². The highest BCUT2D eigenvalue weighted by molar-refractivity contribution is 9.10. The molecule has 164 valence electrons. The maximum absolute atomic E-state index is 13.6. The summed E-state index contributed by atoms with van der Waals surface area (Å²) in [6, 6.07) is 31.7. The first-order valence-corrected chi connectivity index (χ1v) is 12.3. The van der Waals surface area contributed by atoms with E-state index in [1.807, 2.05) is 60.7 Å². The van der Waals surface area contributed by atoms with E-state index in [0.29, 0.717) is 22.7 Å². The van der Waals surface area contributed by atoms with E-state index in [1.165, 1.54) is 28.6 Å². The molecule has 33 heavy (non-hydrogen) atoms. The Morgan fingerprint density at radius 1 is 0.788 bits per heavy atom. The standard InChI is InChI=1S/C26H19BrN2O3S/c27-22-10-6-21(7-11-22)19-29(33(30,31)26-16-8-20(18-28)9-17-26)23-12-14-25(15-13-23)32-24-4-2-1-3-5-24/h1-17H,19H2. The Bertz CT molecular complexity index is 1370. The van der Waals surface area contributed by atoms with Gasteiger partial charge >= 0.3 is 0 Å². The van der Waals surface area contributed by atoms with Crippen LogP contribution < -0.4 is 9.04 Å². The molecule has 0 heterocycles. The molecule has 0 aromatic heterocycles. The first kappa shape index (κ1) is 22.6. The van der Waals surface area contributed by atoms with Crippen LogP contribution in [0.15, 0.2) is 112 Å². The zero-order chi connectivity index (χ0) is 23.3. The summed E-state index contributed by atoms with van der Waals surface area (Å²) in [5, 5.41) is 9.04. The number of ether oxygens (including phenoxy) is 1. The minimum Gasteiger partial charge on any atom is -0.457 e. The SMILES string of the molecule is N#Cc1ccc(S(=O)(=O)N(Cc2ccc(Br)cc2)c2ccc(Oc3ccccc3)cc2)cc1. The molecule has 0 atom stereocenters. The Balaban J connectivity index is 1.68. The lowest BCUT2D eigenvalue weighted by Gasteiger charge is -2.25. The summed E-state index contributed by atoms with van der Waals surface area (Å²) < 4.78 is 35.3. The Hall–Kier alpha value is -3.60. The molecule has 0 saturated carbocycles. The molecule has 4 aromatic carbocycles. The summed E-state index contributed by atoms with van der Waals surface area (Å²) in [5.41, 5.74) is 1.73. The van der Waals surface area contributed by atoms with E-state index in [4.69, 9.17) is 10.00 Å². The molecule has 0 spiro atoms. The normalized spacial score (nSPS) is 10.9. The van der Waals surface area contributed by atoms with Crippen molar-refractivity contribution in [1.82, 2.24) is 0 Å². The molecule has 4 aromatic rings. The van der Waals surface area contributed by atoms with Gasteiger partial charge in [-0.05, 0) is 78.4 Å². The van der Waals surface area contributed by atoms with E-state index < -0.39 is 10.0 Å². The molecule has 0 aliphatic carbocycles. The largest absolute Gasteiger partial charge is 0.457 e. The van der Waals surface area contributed by atoms with Crippen molar-refractivity contribution in [2.75, 3.05) is 4.31 Å². The van der Waals surface area contributed by atoms with Gasteiger partial charge in [-0.25, -0.2) is 8.42 Å². The van der Waals surface area contributed by atoms with Crippen LogP contribution in [-0.4, -0.2) is 8.42 Å². The number of benzene rings is 4. The van der Waals surface area contributed by atoms with Crippen LogP contribution in [0.3, 0.4) is 0 Å². The highest BCUT2D eigenvalue weighted by Crippen LogP contribution is 2.30. The van der Waals surface area contributed by atoms with Gasteiger partial charge in [-0.15, -0.1) is 0 Å². The van der Waals surface area contributed by atoms with Gasteiger partial charge in [0.25, 0.3) is 10.0 Å². The molecule has 0 aliphatic rings. The van der Waals surface area contributed by atoms with Gasteiger partial charge in [-0.2, -0.15) is 5.26 Å². The Morgan fingerprint density at radius 3 is 2.00 bits per heavy atom. The lowest BCUT2D eigenvalue weighted by Crippen LogP contribution is -2.30. The van der Waals surface area contributed by atoms with Gasteiger partial charge in [-0.1, -0.05) is 46.3 Å². The second kappa shape index (κ2) is 9.90. The minimum atomic E-state index is -3.89. The van der Waals surface area contributed by atoms with Crippen LogP contribution in [0.2, 0.25) is 0 Å². The van der Waals surface area contributed by atoms with Crippen molar-refractivity contribution in [3.63, 3.8) is 0 Å². The van der Waals surface area contributed by atoms with Crippen LogP contribution in [0.25, 0.3) is 0 Å². The lowest BCUT2D eigenvalue weighted by molar-refractivity contribution is 0.482. The predicted octanol–water partition coefficient (Wildman–Crippen LogP) is 6.51. The number of halogens is 1. The number of nitriles is 1. The topological polar surface area (TPSA) is 70.4 Å². The van der Waals surface area contributed by atoms with Crippen LogP contribution >= 0.6 is 15.9 Å². The summed E-state index contributed by atoms with van der Waals surface area (Å²) in [4.78, 5) is 0.114. The molecular formula is C26H19BrN2O3S. The van der Waals surface area contributed by atoms with Crippen molar-refractivity contribution >= 4 is 31.6 Å². The monoisotopic (exact) mass is 518 g/mol. The van der Waals surface area contributed by atoms with Crippen LogP contribution in [0, 0.1) is 11.3 Å². The minimum absolute atomic E-state index is 0.114. The third-order valence-corrected chi connectivity index (χ3v) is 7.23. The number of hydrogen-bond acceptors (Lipinski definition) is 4. The molecule has 7 heteroatoms. The molecule has 0 radical (unpaired) electrons. The average molecular weight is 519 g/mol. The fraction of sp³-hybridized carbons (Fsp3) is 0.0385. The highest BCUT2D eigenvalue weighted by atomic mass is 79.9. The molecule has 5 nitrogen and oxygen atoms in total. The van der Waals surface area contributed by atoms with E-state index in [0.717, 1.165) is 10.0 Å². The first-order valence-electron chi connectivity index (χ1n) is 10.1. The van der Waals surface area contributed by atoms with E-state index in [-0.39, 0.29) is 11.4 Å². The third kappa shape index (κ3) is 5.43. The molecule has 0 amide bonds. The lowest BCUT2D eigenvalue weighted by atomic mass is 10.2. The molecule has 0 aliphatic heterocycles. The van der Waals surface area contributed by atoms with Crippen molar-refractivity contribution in [1.29, 1.82) is 5.26 Å². The quantitative estimate of drug-likeness (QED) is 0.279. The van der Waals surface area contributed by atoms with Gasteiger partial charge in [0.2, 0.25) is 0 Å². The van der Waals surface area contributed by atoms with Crippen LogP contribution in [-0.2, 0) is 16.6 Å². The smallest absolute Gasteiger partial charge is 0.264 e. The third-order valence-electron chi connectivity index (χ3n) is 4.91. The van der Waals surface area contributed by atoms with Crippen LogP contribution in [0.4, 0.5) is 5.69 Å².